The topological polar surface area (TPSA) is 84.1 Å². The van der Waals surface area contributed by atoms with E-state index in [1.54, 1.807) is 23.9 Å². The number of hydrogen-bond acceptors (Lipinski definition) is 5. The van der Waals surface area contributed by atoms with E-state index in [0.717, 1.165) is 16.6 Å². The predicted octanol–water partition coefficient (Wildman–Crippen LogP) is 1.74. The third-order valence-electron chi connectivity index (χ3n) is 3.94. The molecule has 128 valence electrons. The summed E-state index contributed by atoms with van der Waals surface area (Å²) in [6.45, 7) is 5.86. The van der Waals surface area contributed by atoms with Crippen LogP contribution in [-0.4, -0.2) is 55.6 Å². The zero-order valence-electron chi connectivity index (χ0n) is 14.0. The van der Waals surface area contributed by atoms with Gasteiger partial charge in [-0.15, -0.1) is 11.7 Å². The van der Waals surface area contributed by atoms with Crippen LogP contribution in [0.3, 0.4) is 0 Å². The summed E-state index contributed by atoms with van der Waals surface area (Å²) in [5.41, 5.74) is 2.42. The molecule has 7 heteroatoms. The molecule has 25 heavy (non-hydrogen) atoms. The summed E-state index contributed by atoms with van der Waals surface area (Å²) in [6.07, 6.45) is 3.33. The lowest BCUT2D eigenvalue weighted by Crippen LogP contribution is -2.34. The number of fused-ring (bicyclic) bond motifs is 1. The predicted molar refractivity (Wildman–Crippen MR) is 94.6 cm³/mol. The number of benzene rings is 1. The molecule has 1 N–H and O–H groups in total. The Morgan fingerprint density at radius 1 is 1.36 bits per heavy atom. The van der Waals surface area contributed by atoms with E-state index in [4.69, 9.17) is 5.11 Å². The van der Waals surface area contributed by atoms with E-state index in [0.29, 0.717) is 12.2 Å². The number of carbonyl (C=O) groups excluding carboxylic acids is 1. The van der Waals surface area contributed by atoms with Gasteiger partial charge in [-0.25, -0.2) is 4.68 Å². The number of rotatable bonds is 6. The Hall–Kier alpha value is -3.06. The maximum absolute atomic E-state index is 12.7. The van der Waals surface area contributed by atoms with Crippen molar-refractivity contribution in [1.82, 2.24) is 24.9 Å². The smallest absolute Gasteiger partial charge is 0.276 e. The van der Waals surface area contributed by atoms with Gasteiger partial charge in [-0.2, -0.15) is 0 Å². The van der Waals surface area contributed by atoms with Crippen molar-refractivity contribution in [3.05, 3.63) is 60.6 Å². The normalized spacial score (nSPS) is 10.8. The Morgan fingerprint density at radius 2 is 2.16 bits per heavy atom. The molecule has 3 aromatic rings. The fourth-order valence-electron chi connectivity index (χ4n) is 2.72. The minimum atomic E-state index is -0.286. The molecule has 0 fully saturated rings. The van der Waals surface area contributed by atoms with Crippen LogP contribution in [0.25, 0.3) is 16.6 Å². The summed E-state index contributed by atoms with van der Waals surface area (Å²) in [6, 6.07) is 9.62. The first-order valence-corrected chi connectivity index (χ1v) is 7.94. The second kappa shape index (κ2) is 7.23. The second-order valence-electron chi connectivity index (χ2n) is 5.55. The summed E-state index contributed by atoms with van der Waals surface area (Å²) in [5, 5.41) is 18.3. The molecule has 0 aliphatic heterocycles. The molecular formula is C18H19N5O2. The highest BCUT2D eigenvalue weighted by atomic mass is 16.3. The average Bonchev–Trinajstić information content (AvgIpc) is 3.01. The first-order chi connectivity index (χ1) is 12.2. The standard InChI is InChI=1S/C18H19N5O2/c1-3-10-22(11-12-24)18(25)16-13(2)23(21-20-16)15-8-4-6-14-7-5-9-19-17(14)15/h3-9,24H,1,10-12H2,2H3. The summed E-state index contributed by atoms with van der Waals surface area (Å²) >= 11 is 0. The van der Waals surface area contributed by atoms with Crippen LogP contribution in [-0.2, 0) is 0 Å². The Labute approximate surface area is 145 Å². The number of para-hydroxylation sites is 1. The summed E-state index contributed by atoms with van der Waals surface area (Å²) in [5.74, 6) is -0.286. The highest BCUT2D eigenvalue weighted by molar-refractivity contribution is 5.94. The number of carbonyl (C=O) groups is 1. The number of pyridine rings is 1. The molecule has 0 bridgehead atoms. The van der Waals surface area contributed by atoms with Gasteiger partial charge in [-0.05, 0) is 19.1 Å². The highest BCUT2D eigenvalue weighted by Crippen LogP contribution is 2.21. The van der Waals surface area contributed by atoms with Crippen LogP contribution in [0, 0.1) is 6.92 Å². The van der Waals surface area contributed by atoms with Crippen molar-refractivity contribution in [2.75, 3.05) is 19.7 Å². The second-order valence-corrected chi connectivity index (χ2v) is 5.55. The minimum Gasteiger partial charge on any atom is -0.395 e. The molecule has 7 nitrogen and oxygen atoms in total. The molecule has 2 heterocycles. The molecule has 0 aliphatic rings. The first kappa shape index (κ1) is 16.8. The van der Waals surface area contributed by atoms with Gasteiger partial charge in [0, 0.05) is 24.7 Å². The lowest BCUT2D eigenvalue weighted by Gasteiger charge is -2.18. The molecule has 0 saturated carbocycles. The quantitative estimate of drug-likeness (QED) is 0.693. The zero-order chi connectivity index (χ0) is 17.8. The van der Waals surface area contributed by atoms with Crippen LogP contribution in [0.15, 0.2) is 49.2 Å². The third kappa shape index (κ3) is 3.14. The molecule has 2 aromatic heterocycles. The maximum atomic E-state index is 12.7. The van der Waals surface area contributed by atoms with E-state index in [9.17, 15) is 4.79 Å². The van der Waals surface area contributed by atoms with Crippen molar-refractivity contribution in [2.45, 2.75) is 6.92 Å². The first-order valence-electron chi connectivity index (χ1n) is 7.94. The van der Waals surface area contributed by atoms with Gasteiger partial charge in [-0.3, -0.25) is 9.78 Å². The molecule has 0 saturated heterocycles. The van der Waals surface area contributed by atoms with Gasteiger partial charge in [0.2, 0.25) is 0 Å². The molecular weight excluding hydrogens is 318 g/mol. The van der Waals surface area contributed by atoms with E-state index in [1.807, 2.05) is 30.3 Å². The Balaban J connectivity index is 2.03. The minimum absolute atomic E-state index is 0.125. The van der Waals surface area contributed by atoms with Gasteiger partial charge >= 0.3 is 0 Å². The summed E-state index contributed by atoms with van der Waals surface area (Å²) in [7, 11) is 0. The van der Waals surface area contributed by atoms with Crippen molar-refractivity contribution in [3.8, 4) is 5.69 Å². The van der Waals surface area contributed by atoms with E-state index in [2.05, 4.69) is 21.9 Å². The highest BCUT2D eigenvalue weighted by Gasteiger charge is 2.22. The average molecular weight is 337 g/mol. The number of aliphatic hydroxyl groups is 1. The van der Waals surface area contributed by atoms with Crippen molar-refractivity contribution >= 4 is 16.8 Å². The van der Waals surface area contributed by atoms with Gasteiger partial charge in [0.25, 0.3) is 5.91 Å². The number of aromatic nitrogens is 4. The van der Waals surface area contributed by atoms with Crippen molar-refractivity contribution < 1.29 is 9.90 Å². The number of hydrogen-bond donors (Lipinski definition) is 1. The van der Waals surface area contributed by atoms with Gasteiger partial charge < -0.3 is 10.0 Å². The zero-order valence-corrected chi connectivity index (χ0v) is 14.0. The largest absolute Gasteiger partial charge is 0.395 e. The molecule has 0 spiro atoms. The van der Waals surface area contributed by atoms with Gasteiger partial charge in [0.1, 0.15) is 0 Å². The molecule has 0 radical (unpaired) electrons. The molecule has 3 rings (SSSR count). The molecule has 1 aromatic carbocycles. The third-order valence-corrected chi connectivity index (χ3v) is 3.94. The molecule has 0 atom stereocenters. The van der Waals surface area contributed by atoms with Gasteiger partial charge in [0.05, 0.1) is 23.5 Å². The Morgan fingerprint density at radius 3 is 2.92 bits per heavy atom. The van der Waals surface area contributed by atoms with Crippen LogP contribution < -0.4 is 0 Å². The lowest BCUT2D eigenvalue weighted by molar-refractivity contribution is 0.0736. The number of amides is 1. The molecule has 1 amide bonds. The molecule has 0 unspecified atom stereocenters. The van der Waals surface area contributed by atoms with Crippen LogP contribution in [0.2, 0.25) is 0 Å². The maximum Gasteiger partial charge on any atom is 0.276 e. The lowest BCUT2D eigenvalue weighted by atomic mass is 10.2. The molecule has 0 aliphatic carbocycles. The Bertz CT molecular complexity index is 913. The number of nitrogens with zero attached hydrogens (tertiary/aromatic N) is 5. The van der Waals surface area contributed by atoms with E-state index in [1.165, 1.54) is 4.90 Å². The van der Waals surface area contributed by atoms with Crippen LogP contribution in [0.4, 0.5) is 0 Å². The summed E-state index contributed by atoms with van der Waals surface area (Å²) in [4.78, 5) is 18.6. The van der Waals surface area contributed by atoms with E-state index in [-0.39, 0.29) is 24.8 Å². The SMILES string of the molecule is C=CCN(CCO)C(=O)c1nnn(-c2cccc3cccnc23)c1C. The van der Waals surface area contributed by atoms with Crippen LogP contribution in [0.5, 0.6) is 0 Å². The van der Waals surface area contributed by atoms with Gasteiger partial charge in [-0.1, -0.05) is 29.5 Å². The van der Waals surface area contributed by atoms with E-state index >= 15 is 0 Å². The van der Waals surface area contributed by atoms with Crippen molar-refractivity contribution in [3.63, 3.8) is 0 Å². The fraction of sp³-hybridized carbons (Fsp3) is 0.222. The summed E-state index contributed by atoms with van der Waals surface area (Å²) < 4.78 is 1.62. The van der Waals surface area contributed by atoms with Crippen molar-refractivity contribution in [2.24, 2.45) is 0 Å². The van der Waals surface area contributed by atoms with Crippen LogP contribution in [0.1, 0.15) is 16.2 Å². The van der Waals surface area contributed by atoms with E-state index < -0.39 is 0 Å². The Kier molecular flexibility index (Phi) is 4.85. The van der Waals surface area contributed by atoms with Crippen molar-refractivity contribution in [1.29, 1.82) is 0 Å². The van der Waals surface area contributed by atoms with Gasteiger partial charge in [0.15, 0.2) is 5.69 Å². The van der Waals surface area contributed by atoms with Crippen LogP contribution >= 0.6 is 0 Å². The number of aliphatic hydroxyl groups excluding tert-OH is 1. The fourth-order valence-corrected chi connectivity index (χ4v) is 2.72. The monoisotopic (exact) mass is 337 g/mol.